The van der Waals surface area contributed by atoms with E-state index in [1.165, 1.54) is 83.5 Å². The van der Waals surface area contributed by atoms with Crippen LogP contribution in [0.4, 0.5) is 0 Å². The Balaban J connectivity index is 1.61. The normalized spacial score (nSPS) is 24.3. The van der Waals surface area contributed by atoms with Gasteiger partial charge in [0, 0.05) is 17.7 Å². The summed E-state index contributed by atoms with van der Waals surface area (Å²) in [5.74, 6) is 4.79. The van der Waals surface area contributed by atoms with Crippen molar-refractivity contribution in [1.82, 2.24) is 0 Å². The number of carboxylic acid groups (broad SMARTS) is 1. The van der Waals surface area contributed by atoms with Crippen molar-refractivity contribution in [3.63, 3.8) is 0 Å². The number of aliphatic hydroxyl groups is 2. The predicted octanol–water partition coefficient (Wildman–Crippen LogP) is 10.4. The molecule has 0 bridgehead atoms. The van der Waals surface area contributed by atoms with Gasteiger partial charge in [-0.15, -0.1) is 17.5 Å². The molecule has 252 valence electrons. The molecule has 0 spiro atoms. The Morgan fingerprint density at radius 1 is 0.932 bits per heavy atom. The summed E-state index contributed by atoms with van der Waals surface area (Å²) in [6, 6.07) is 0. The van der Waals surface area contributed by atoms with Gasteiger partial charge in [0.1, 0.15) is 5.92 Å². The van der Waals surface area contributed by atoms with Crippen molar-refractivity contribution in [2.75, 3.05) is 0 Å². The fourth-order valence-electron chi connectivity index (χ4n) is 7.15. The van der Waals surface area contributed by atoms with Gasteiger partial charge in [0.15, 0.2) is 0 Å². The molecule has 0 amide bonds. The first-order valence-corrected chi connectivity index (χ1v) is 18.8. The van der Waals surface area contributed by atoms with Gasteiger partial charge in [-0.1, -0.05) is 128 Å². The molecule has 0 radical (unpaired) electrons. The van der Waals surface area contributed by atoms with E-state index in [9.17, 15) is 20.1 Å². The highest BCUT2D eigenvalue weighted by Gasteiger charge is 2.42. The molecule has 0 aromatic carbocycles. The van der Waals surface area contributed by atoms with E-state index in [1.54, 1.807) is 0 Å². The molecule has 2 fully saturated rings. The maximum atomic E-state index is 11.7. The molecule has 3 N–H and O–H groups in total. The first-order chi connectivity index (χ1) is 21.3. The van der Waals surface area contributed by atoms with Crippen LogP contribution in [-0.2, 0) is 4.79 Å². The number of hydrogen-bond acceptors (Lipinski definition) is 3. The Morgan fingerprint density at radius 3 is 2.09 bits per heavy atom. The average molecular weight is 633 g/mol. The van der Waals surface area contributed by atoms with Crippen molar-refractivity contribution in [1.29, 1.82) is 0 Å². The number of allylic oxidation sites excluding steroid dienone is 2. The Kier molecular flexibility index (Phi) is 20.4. The van der Waals surface area contributed by atoms with Crippen LogP contribution in [0.5, 0.6) is 0 Å². The van der Waals surface area contributed by atoms with Crippen molar-refractivity contribution < 1.29 is 20.1 Å². The number of aliphatic carboxylic acids is 1. The average Bonchev–Trinajstić information content (AvgIpc) is 3.24. The highest BCUT2D eigenvalue weighted by molar-refractivity contribution is 6.21. The van der Waals surface area contributed by atoms with E-state index < -0.39 is 18.0 Å². The standard InChI is InChI=1S/C39H65ClO4/c1-3-5-6-7-8-9-10-11-12-13-14-15-16-17-19-24-32(38(43)44)25-20-18-21-26-33-34(36(41)31-35(33)40)27-22-28-37(42)39(4-2)29-23-30-39/h18,21-22,27,32-37,41-42H,3-17,20,23,25-26,28-31H2,1-2H3,(H,43,44)/b21-18-,27-22+/t32?,33-,34-,35-,36-,37+/m1/s1. The lowest BCUT2D eigenvalue weighted by molar-refractivity contribution is -0.139. The van der Waals surface area contributed by atoms with Crippen LogP contribution in [0.15, 0.2) is 24.3 Å². The largest absolute Gasteiger partial charge is 0.480 e. The Morgan fingerprint density at radius 2 is 1.55 bits per heavy atom. The molecule has 44 heavy (non-hydrogen) atoms. The minimum atomic E-state index is -0.838. The Bertz CT molecular complexity index is 877. The first-order valence-electron chi connectivity index (χ1n) is 18.4. The van der Waals surface area contributed by atoms with Crippen LogP contribution in [0.3, 0.4) is 0 Å². The first kappa shape index (κ1) is 38.9. The second kappa shape index (κ2) is 23.1. The molecule has 2 saturated carbocycles. The monoisotopic (exact) mass is 632 g/mol. The van der Waals surface area contributed by atoms with E-state index >= 15 is 0 Å². The van der Waals surface area contributed by atoms with E-state index in [1.807, 2.05) is 12.2 Å². The second-order valence-electron chi connectivity index (χ2n) is 13.8. The van der Waals surface area contributed by atoms with Crippen LogP contribution in [0.25, 0.3) is 0 Å². The third-order valence-corrected chi connectivity index (χ3v) is 11.0. The molecule has 0 aromatic heterocycles. The number of alkyl halides is 1. The van der Waals surface area contributed by atoms with Gasteiger partial charge in [0.25, 0.3) is 0 Å². The summed E-state index contributed by atoms with van der Waals surface area (Å²) in [5.41, 5.74) is 0.0835. The minimum absolute atomic E-state index is 0.0175. The number of halogens is 1. The van der Waals surface area contributed by atoms with Crippen LogP contribution in [0.2, 0.25) is 0 Å². The molecule has 6 atom stereocenters. The summed E-state index contributed by atoms with van der Waals surface area (Å²) in [5, 5.41) is 30.9. The minimum Gasteiger partial charge on any atom is -0.480 e. The summed E-state index contributed by atoms with van der Waals surface area (Å²) in [7, 11) is 0. The number of unbranched alkanes of at least 4 members (excludes halogenated alkanes) is 13. The van der Waals surface area contributed by atoms with Gasteiger partial charge >= 0.3 is 5.97 Å². The van der Waals surface area contributed by atoms with Gasteiger partial charge in [0.05, 0.1) is 12.2 Å². The highest BCUT2D eigenvalue weighted by Crippen LogP contribution is 2.48. The molecule has 0 heterocycles. The fraction of sp³-hybridized carbons (Fsp3) is 0.821. The SMILES string of the molecule is CCCCCCCCCCCCCCCC#CC(CC/C=C\C[C@@H]1[C@@H](/C=C/C[C@H](O)C2(CC)CCC2)[C@H](O)C[C@H]1Cl)C(=O)O. The third kappa shape index (κ3) is 14.4. The molecule has 2 aliphatic carbocycles. The molecular formula is C39H65ClO4. The zero-order valence-electron chi connectivity index (χ0n) is 28.2. The molecule has 2 rings (SSSR count). The van der Waals surface area contributed by atoms with Crippen molar-refractivity contribution in [3.8, 4) is 11.8 Å². The van der Waals surface area contributed by atoms with Gasteiger partial charge in [-0.2, -0.15) is 0 Å². The van der Waals surface area contributed by atoms with Crippen molar-refractivity contribution in [2.45, 2.75) is 179 Å². The van der Waals surface area contributed by atoms with Crippen LogP contribution in [-0.4, -0.2) is 38.9 Å². The summed E-state index contributed by atoms with van der Waals surface area (Å²) in [4.78, 5) is 11.7. The Hall–Kier alpha value is -1.28. The lowest BCUT2D eigenvalue weighted by Gasteiger charge is -2.45. The lowest BCUT2D eigenvalue weighted by atomic mass is 9.63. The van der Waals surface area contributed by atoms with Crippen LogP contribution >= 0.6 is 11.6 Å². The molecule has 4 nitrogen and oxygen atoms in total. The van der Waals surface area contributed by atoms with E-state index in [2.05, 4.69) is 37.8 Å². The summed E-state index contributed by atoms with van der Waals surface area (Å²) in [6.07, 6.45) is 33.0. The van der Waals surface area contributed by atoms with Gasteiger partial charge < -0.3 is 15.3 Å². The molecule has 1 unspecified atom stereocenters. The summed E-state index contributed by atoms with van der Waals surface area (Å²) in [6.45, 7) is 4.43. The van der Waals surface area contributed by atoms with Gasteiger partial charge in [0.2, 0.25) is 0 Å². The van der Waals surface area contributed by atoms with Gasteiger partial charge in [-0.3, -0.25) is 4.79 Å². The zero-order chi connectivity index (χ0) is 32.0. The lowest BCUT2D eigenvalue weighted by Crippen LogP contribution is -2.40. The smallest absolute Gasteiger partial charge is 0.318 e. The van der Waals surface area contributed by atoms with Crippen LogP contribution in [0, 0.1) is 35.0 Å². The Labute approximate surface area is 275 Å². The molecular weight excluding hydrogens is 568 g/mol. The van der Waals surface area contributed by atoms with Gasteiger partial charge in [-0.05, 0) is 69.1 Å². The highest BCUT2D eigenvalue weighted by atomic mass is 35.5. The van der Waals surface area contributed by atoms with Crippen molar-refractivity contribution >= 4 is 17.6 Å². The van der Waals surface area contributed by atoms with Crippen molar-refractivity contribution in [2.24, 2.45) is 23.2 Å². The van der Waals surface area contributed by atoms with E-state index in [-0.39, 0.29) is 28.7 Å². The third-order valence-electron chi connectivity index (χ3n) is 10.5. The number of carboxylic acids is 1. The number of carbonyl (C=O) groups is 1. The van der Waals surface area contributed by atoms with Crippen LogP contribution in [0.1, 0.15) is 162 Å². The van der Waals surface area contributed by atoms with Crippen LogP contribution < -0.4 is 0 Å². The maximum absolute atomic E-state index is 11.7. The van der Waals surface area contributed by atoms with Crippen molar-refractivity contribution in [3.05, 3.63) is 24.3 Å². The molecule has 5 heteroatoms. The predicted molar refractivity (Wildman–Crippen MR) is 186 cm³/mol. The van der Waals surface area contributed by atoms with E-state index in [0.29, 0.717) is 25.7 Å². The summed E-state index contributed by atoms with van der Waals surface area (Å²) < 4.78 is 0. The van der Waals surface area contributed by atoms with Gasteiger partial charge in [-0.25, -0.2) is 0 Å². The van der Waals surface area contributed by atoms with E-state index in [4.69, 9.17) is 11.6 Å². The molecule has 0 aliphatic heterocycles. The maximum Gasteiger partial charge on any atom is 0.318 e. The molecule has 0 saturated heterocycles. The molecule has 0 aromatic rings. The number of rotatable bonds is 24. The van der Waals surface area contributed by atoms with E-state index in [0.717, 1.165) is 38.5 Å². The number of aliphatic hydroxyl groups excluding tert-OH is 2. The topological polar surface area (TPSA) is 77.8 Å². The fourth-order valence-corrected chi connectivity index (χ4v) is 7.60. The quantitative estimate of drug-likeness (QED) is 0.0428. The second-order valence-corrected chi connectivity index (χ2v) is 14.4. The molecule has 2 aliphatic rings. The zero-order valence-corrected chi connectivity index (χ0v) is 28.9. The number of hydrogen-bond donors (Lipinski definition) is 3. The summed E-state index contributed by atoms with van der Waals surface area (Å²) >= 11 is 6.62.